The molecule has 0 radical (unpaired) electrons. The standard InChI is InChI=1S/C12H19NO/c1-12(2,3)10-6-11(13-7-10)14-8-9-4-5-9/h6-7,9,13H,4-5,8H2,1-3H3. The Balaban J connectivity index is 1.94. The van der Waals surface area contributed by atoms with Crippen LogP contribution in [0.25, 0.3) is 0 Å². The molecule has 0 aliphatic heterocycles. The van der Waals surface area contributed by atoms with Gasteiger partial charge in [-0.1, -0.05) is 20.8 Å². The van der Waals surface area contributed by atoms with Crippen molar-refractivity contribution in [2.24, 2.45) is 5.92 Å². The zero-order chi connectivity index (χ0) is 10.2. The van der Waals surface area contributed by atoms with Crippen molar-refractivity contribution < 1.29 is 4.74 Å². The number of ether oxygens (including phenoxy) is 1. The van der Waals surface area contributed by atoms with Crippen molar-refractivity contribution in [3.63, 3.8) is 0 Å². The van der Waals surface area contributed by atoms with Gasteiger partial charge in [0.05, 0.1) is 6.61 Å². The monoisotopic (exact) mass is 193 g/mol. The molecule has 78 valence electrons. The summed E-state index contributed by atoms with van der Waals surface area (Å²) in [6.45, 7) is 7.51. The maximum atomic E-state index is 5.65. The molecular formula is C12H19NO. The minimum atomic E-state index is 0.206. The maximum absolute atomic E-state index is 5.65. The maximum Gasteiger partial charge on any atom is 0.190 e. The molecule has 0 aromatic carbocycles. The quantitative estimate of drug-likeness (QED) is 0.784. The van der Waals surface area contributed by atoms with Crippen molar-refractivity contribution in [2.75, 3.05) is 6.61 Å². The van der Waals surface area contributed by atoms with E-state index in [4.69, 9.17) is 4.74 Å². The molecule has 1 saturated carbocycles. The van der Waals surface area contributed by atoms with E-state index in [0.717, 1.165) is 18.4 Å². The van der Waals surface area contributed by atoms with Gasteiger partial charge < -0.3 is 9.72 Å². The predicted octanol–water partition coefficient (Wildman–Crippen LogP) is 3.10. The Morgan fingerprint density at radius 3 is 2.64 bits per heavy atom. The normalized spacial score (nSPS) is 17.1. The van der Waals surface area contributed by atoms with Crippen LogP contribution in [0.2, 0.25) is 0 Å². The molecule has 1 aromatic heterocycles. The first-order valence-electron chi connectivity index (χ1n) is 5.37. The lowest BCUT2D eigenvalue weighted by atomic mass is 9.89. The van der Waals surface area contributed by atoms with Crippen molar-refractivity contribution >= 4 is 0 Å². The Labute approximate surface area is 85.7 Å². The highest BCUT2D eigenvalue weighted by atomic mass is 16.5. The van der Waals surface area contributed by atoms with Gasteiger partial charge in [0, 0.05) is 12.3 Å². The lowest BCUT2D eigenvalue weighted by Gasteiger charge is -2.15. The molecule has 2 nitrogen and oxygen atoms in total. The van der Waals surface area contributed by atoms with E-state index in [1.807, 2.05) is 6.20 Å². The highest BCUT2D eigenvalue weighted by Gasteiger charge is 2.22. The number of H-pyrrole nitrogens is 1. The van der Waals surface area contributed by atoms with Gasteiger partial charge >= 0.3 is 0 Å². The summed E-state index contributed by atoms with van der Waals surface area (Å²) < 4.78 is 5.65. The number of hydrogen-bond donors (Lipinski definition) is 1. The summed E-state index contributed by atoms with van der Waals surface area (Å²) in [5, 5.41) is 0. The molecule has 0 bridgehead atoms. The van der Waals surface area contributed by atoms with E-state index in [2.05, 4.69) is 31.8 Å². The van der Waals surface area contributed by atoms with Gasteiger partial charge in [-0.15, -0.1) is 0 Å². The van der Waals surface area contributed by atoms with Crippen LogP contribution in [0.4, 0.5) is 0 Å². The second-order valence-corrected chi connectivity index (χ2v) is 5.26. The molecule has 14 heavy (non-hydrogen) atoms. The van der Waals surface area contributed by atoms with Gasteiger partial charge in [0.1, 0.15) is 0 Å². The van der Waals surface area contributed by atoms with E-state index in [1.165, 1.54) is 18.4 Å². The number of rotatable bonds is 3. The van der Waals surface area contributed by atoms with Gasteiger partial charge in [-0.2, -0.15) is 0 Å². The highest BCUT2D eigenvalue weighted by molar-refractivity contribution is 5.27. The minimum absolute atomic E-state index is 0.206. The van der Waals surface area contributed by atoms with E-state index >= 15 is 0 Å². The average Bonchev–Trinajstić information content (AvgIpc) is 2.77. The van der Waals surface area contributed by atoms with Gasteiger partial charge in [0.15, 0.2) is 5.88 Å². The van der Waals surface area contributed by atoms with Crippen LogP contribution < -0.4 is 4.74 Å². The summed E-state index contributed by atoms with van der Waals surface area (Å²) in [5.41, 5.74) is 1.51. The molecule has 1 aliphatic rings. The van der Waals surface area contributed by atoms with Crippen molar-refractivity contribution in [1.82, 2.24) is 4.98 Å². The van der Waals surface area contributed by atoms with Crippen LogP contribution in [0.15, 0.2) is 12.3 Å². The number of aromatic amines is 1. The van der Waals surface area contributed by atoms with Gasteiger partial charge in [0.25, 0.3) is 0 Å². The van der Waals surface area contributed by atoms with Crippen molar-refractivity contribution in [1.29, 1.82) is 0 Å². The topological polar surface area (TPSA) is 25.0 Å². The lowest BCUT2D eigenvalue weighted by Crippen LogP contribution is -2.09. The van der Waals surface area contributed by atoms with Crippen molar-refractivity contribution in [3.8, 4) is 5.88 Å². The Bertz CT molecular complexity index is 304. The Morgan fingerprint density at radius 1 is 1.43 bits per heavy atom. The molecule has 0 unspecified atom stereocenters. The third-order valence-electron chi connectivity index (χ3n) is 2.69. The van der Waals surface area contributed by atoms with E-state index in [1.54, 1.807) is 0 Å². The van der Waals surface area contributed by atoms with Crippen LogP contribution in [0.1, 0.15) is 39.2 Å². The molecular weight excluding hydrogens is 174 g/mol. The Kier molecular flexibility index (Phi) is 2.30. The molecule has 1 aromatic rings. The van der Waals surface area contributed by atoms with E-state index < -0.39 is 0 Å². The van der Waals surface area contributed by atoms with Gasteiger partial charge in [-0.25, -0.2) is 0 Å². The molecule has 0 saturated heterocycles. The Hall–Kier alpha value is -0.920. The first kappa shape index (κ1) is 9.63. The molecule has 2 heteroatoms. The van der Waals surface area contributed by atoms with E-state index in [9.17, 15) is 0 Å². The molecule has 1 fully saturated rings. The SMILES string of the molecule is CC(C)(C)c1c[nH]c(OCC2CC2)c1. The summed E-state index contributed by atoms with van der Waals surface area (Å²) in [5.74, 6) is 1.73. The molecule has 1 heterocycles. The molecule has 0 atom stereocenters. The van der Waals surface area contributed by atoms with Crippen molar-refractivity contribution in [3.05, 3.63) is 17.8 Å². The second-order valence-electron chi connectivity index (χ2n) is 5.26. The summed E-state index contributed by atoms with van der Waals surface area (Å²) in [6, 6.07) is 2.11. The second kappa shape index (κ2) is 3.34. The van der Waals surface area contributed by atoms with Crippen LogP contribution >= 0.6 is 0 Å². The lowest BCUT2D eigenvalue weighted by molar-refractivity contribution is 0.290. The average molecular weight is 193 g/mol. The van der Waals surface area contributed by atoms with Gasteiger partial charge in [0.2, 0.25) is 0 Å². The predicted molar refractivity (Wildman–Crippen MR) is 57.7 cm³/mol. The first-order chi connectivity index (χ1) is 6.55. The van der Waals surface area contributed by atoms with Crippen LogP contribution in [-0.2, 0) is 5.41 Å². The zero-order valence-corrected chi connectivity index (χ0v) is 9.26. The fourth-order valence-corrected chi connectivity index (χ4v) is 1.38. The largest absolute Gasteiger partial charge is 0.479 e. The molecule has 1 N–H and O–H groups in total. The van der Waals surface area contributed by atoms with Crippen LogP contribution in [0, 0.1) is 5.92 Å². The summed E-state index contributed by atoms with van der Waals surface area (Å²) >= 11 is 0. The van der Waals surface area contributed by atoms with Crippen LogP contribution in [-0.4, -0.2) is 11.6 Å². The summed E-state index contributed by atoms with van der Waals surface area (Å²) in [7, 11) is 0. The fraction of sp³-hybridized carbons (Fsp3) is 0.667. The van der Waals surface area contributed by atoms with Crippen molar-refractivity contribution in [2.45, 2.75) is 39.0 Å². The van der Waals surface area contributed by atoms with Gasteiger partial charge in [-0.05, 0) is 29.7 Å². The summed E-state index contributed by atoms with van der Waals surface area (Å²) in [4.78, 5) is 3.17. The van der Waals surface area contributed by atoms with E-state index in [0.29, 0.717) is 0 Å². The first-order valence-corrected chi connectivity index (χ1v) is 5.37. The molecule has 1 aliphatic carbocycles. The number of aromatic nitrogens is 1. The number of hydrogen-bond acceptors (Lipinski definition) is 1. The van der Waals surface area contributed by atoms with Gasteiger partial charge in [-0.3, -0.25) is 0 Å². The molecule has 2 rings (SSSR count). The fourth-order valence-electron chi connectivity index (χ4n) is 1.38. The molecule has 0 amide bonds. The Morgan fingerprint density at radius 2 is 2.14 bits per heavy atom. The third kappa shape index (κ3) is 2.31. The summed E-state index contributed by atoms with van der Waals surface area (Å²) in [6.07, 6.45) is 4.72. The molecule has 0 spiro atoms. The van der Waals surface area contributed by atoms with Crippen LogP contribution in [0.5, 0.6) is 5.88 Å². The minimum Gasteiger partial charge on any atom is -0.479 e. The van der Waals surface area contributed by atoms with Crippen LogP contribution in [0.3, 0.4) is 0 Å². The zero-order valence-electron chi connectivity index (χ0n) is 9.26. The smallest absolute Gasteiger partial charge is 0.190 e. The van der Waals surface area contributed by atoms with E-state index in [-0.39, 0.29) is 5.41 Å². The third-order valence-corrected chi connectivity index (χ3v) is 2.69. The highest BCUT2D eigenvalue weighted by Crippen LogP contribution is 2.30. The number of nitrogens with one attached hydrogen (secondary N) is 1.